The molecule has 1 aromatic heterocycles. The van der Waals surface area contributed by atoms with Crippen LogP contribution in [0.1, 0.15) is 11.1 Å². The van der Waals surface area contributed by atoms with Crippen molar-refractivity contribution >= 4 is 16.6 Å². The van der Waals surface area contributed by atoms with Crippen LogP contribution in [0.25, 0.3) is 10.9 Å². The molecule has 3 aromatic rings. The molecule has 4 heteroatoms. The molecule has 0 radical (unpaired) electrons. The molecule has 0 atom stereocenters. The predicted octanol–water partition coefficient (Wildman–Crippen LogP) is 3.59. The molecule has 0 saturated heterocycles. The van der Waals surface area contributed by atoms with Gasteiger partial charge < -0.3 is 10.3 Å². The van der Waals surface area contributed by atoms with Crippen LogP contribution >= 0.6 is 0 Å². The Morgan fingerprint density at radius 1 is 1.14 bits per heavy atom. The molecule has 0 saturated carbocycles. The highest BCUT2D eigenvalue weighted by atomic mass is 19.1. The number of H-pyrrole nitrogens is 1. The molecule has 2 N–H and O–H groups in total. The van der Waals surface area contributed by atoms with Crippen molar-refractivity contribution in [1.82, 2.24) is 4.98 Å². The first-order valence-corrected chi connectivity index (χ1v) is 6.74. The predicted molar refractivity (Wildman–Crippen MR) is 83.0 cm³/mol. The monoisotopic (exact) mass is 282 g/mol. The average Bonchev–Trinajstić information content (AvgIpc) is 2.48. The van der Waals surface area contributed by atoms with Gasteiger partial charge in [-0.25, -0.2) is 4.39 Å². The number of hydrogen-bond donors (Lipinski definition) is 2. The first kappa shape index (κ1) is 13.4. The van der Waals surface area contributed by atoms with Gasteiger partial charge in [0.1, 0.15) is 5.82 Å². The number of nitrogens with one attached hydrogen (secondary N) is 2. The molecule has 0 bridgehead atoms. The third-order valence-corrected chi connectivity index (χ3v) is 3.49. The van der Waals surface area contributed by atoms with Crippen molar-refractivity contribution in [1.29, 1.82) is 0 Å². The number of pyridine rings is 1. The molecular weight excluding hydrogens is 267 g/mol. The number of anilines is 1. The molecule has 0 spiro atoms. The number of para-hydroxylation sites is 1. The standard InChI is InChI=1S/C17H15FN2O/c1-11-3-2-4-12-9-13(17(21)20-16(11)12)10-19-15-7-5-14(18)6-8-15/h2-9,19H,10H2,1H3,(H,20,21). The van der Waals surface area contributed by atoms with E-state index in [1.54, 1.807) is 12.1 Å². The van der Waals surface area contributed by atoms with Gasteiger partial charge in [-0.2, -0.15) is 0 Å². The van der Waals surface area contributed by atoms with Crippen molar-refractivity contribution in [3.05, 3.63) is 75.8 Å². The Labute approximate surface area is 121 Å². The van der Waals surface area contributed by atoms with Crippen LogP contribution < -0.4 is 10.9 Å². The third-order valence-electron chi connectivity index (χ3n) is 3.49. The molecule has 0 aliphatic rings. The Balaban J connectivity index is 1.89. The zero-order valence-corrected chi connectivity index (χ0v) is 11.6. The number of aromatic nitrogens is 1. The van der Waals surface area contributed by atoms with Crippen LogP contribution in [0, 0.1) is 12.7 Å². The van der Waals surface area contributed by atoms with E-state index in [0.717, 1.165) is 22.2 Å². The van der Waals surface area contributed by atoms with Gasteiger partial charge in [-0.05, 0) is 48.2 Å². The molecule has 21 heavy (non-hydrogen) atoms. The Bertz CT molecular complexity index is 838. The lowest BCUT2D eigenvalue weighted by Crippen LogP contribution is -2.16. The molecule has 0 aliphatic heterocycles. The van der Waals surface area contributed by atoms with Crippen LogP contribution in [0.2, 0.25) is 0 Å². The summed E-state index contributed by atoms with van der Waals surface area (Å²) in [6, 6.07) is 13.9. The molecular formula is C17H15FN2O. The first-order chi connectivity index (χ1) is 10.1. The smallest absolute Gasteiger partial charge is 0.253 e. The summed E-state index contributed by atoms with van der Waals surface area (Å²) < 4.78 is 12.8. The largest absolute Gasteiger partial charge is 0.381 e. The van der Waals surface area contributed by atoms with E-state index in [0.29, 0.717) is 12.1 Å². The van der Waals surface area contributed by atoms with Crippen molar-refractivity contribution in [2.45, 2.75) is 13.5 Å². The fourth-order valence-electron chi connectivity index (χ4n) is 2.32. The lowest BCUT2D eigenvalue weighted by molar-refractivity contribution is 0.628. The van der Waals surface area contributed by atoms with Gasteiger partial charge in [0.15, 0.2) is 0 Å². The summed E-state index contributed by atoms with van der Waals surface area (Å²) in [4.78, 5) is 15.0. The molecule has 0 unspecified atom stereocenters. The number of halogens is 1. The molecule has 0 amide bonds. The summed E-state index contributed by atoms with van der Waals surface area (Å²) in [5.74, 6) is -0.278. The number of fused-ring (bicyclic) bond motifs is 1. The molecule has 3 rings (SSSR count). The Morgan fingerprint density at radius 2 is 1.90 bits per heavy atom. The summed E-state index contributed by atoms with van der Waals surface area (Å²) in [6.07, 6.45) is 0. The Morgan fingerprint density at radius 3 is 2.67 bits per heavy atom. The lowest BCUT2D eigenvalue weighted by atomic mass is 10.1. The van der Waals surface area contributed by atoms with E-state index in [2.05, 4.69) is 10.3 Å². The minimum absolute atomic E-state index is 0.105. The van der Waals surface area contributed by atoms with Gasteiger partial charge >= 0.3 is 0 Å². The molecule has 0 aliphatic carbocycles. The summed E-state index contributed by atoms with van der Waals surface area (Å²) in [5.41, 5.74) is 3.24. The lowest BCUT2D eigenvalue weighted by Gasteiger charge is -2.08. The molecule has 106 valence electrons. The van der Waals surface area contributed by atoms with E-state index >= 15 is 0 Å². The maximum Gasteiger partial charge on any atom is 0.253 e. The van der Waals surface area contributed by atoms with Crippen LogP contribution in [0.5, 0.6) is 0 Å². The van der Waals surface area contributed by atoms with Gasteiger partial charge in [0.2, 0.25) is 0 Å². The Hall–Kier alpha value is -2.62. The van der Waals surface area contributed by atoms with Crippen LogP contribution in [0.3, 0.4) is 0 Å². The van der Waals surface area contributed by atoms with E-state index in [9.17, 15) is 9.18 Å². The molecule has 3 nitrogen and oxygen atoms in total. The second-order valence-corrected chi connectivity index (χ2v) is 5.02. The van der Waals surface area contributed by atoms with Gasteiger partial charge in [-0.3, -0.25) is 4.79 Å². The zero-order valence-electron chi connectivity index (χ0n) is 11.6. The van der Waals surface area contributed by atoms with Crippen molar-refractivity contribution in [3.8, 4) is 0 Å². The van der Waals surface area contributed by atoms with Crippen LogP contribution in [0.4, 0.5) is 10.1 Å². The van der Waals surface area contributed by atoms with Gasteiger partial charge in [0.25, 0.3) is 5.56 Å². The third kappa shape index (κ3) is 2.79. The van der Waals surface area contributed by atoms with Gasteiger partial charge in [0.05, 0.1) is 5.52 Å². The summed E-state index contributed by atoms with van der Waals surface area (Å²) in [7, 11) is 0. The van der Waals surface area contributed by atoms with Gasteiger partial charge in [-0.1, -0.05) is 18.2 Å². The second-order valence-electron chi connectivity index (χ2n) is 5.02. The second kappa shape index (κ2) is 5.40. The fraction of sp³-hybridized carbons (Fsp3) is 0.118. The van der Waals surface area contributed by atoms with E-state index in [1.165, 1.54) is 12.1 Å². The fourth-order valence-corrected chi connectivity index (χ4v) is 2.32. The normalized spacial score (nSPS) is 10.8. The Kier molecular flexibility index (Phi) is 3.44. The van der Waals surface area contributed by atoms with Crippen molar-refractivity contribution in [3.63, 3.8) is 0 Å². The quantitative estimate of drug-likeness (QED) is 0.771. The van der Waals surface area contributed by atoms with Crippen LogP contribution in [-0.4, -0.2) is 4.98 Å². The average molecular weight is 282 g/mol. The summed E-state index contributed by atoms with van der Waals surface area (Å²) in [6.45, 7) is 2.36. The number of aromatic amines is 1. The minimum Gasteiger partial charge on any atom is -0.381 e. The zero-order chi connectivity index (χ0) is 14.8. The van der Waals surface area contributed by atoms with Gasteiger partial charge in [-0.15, -0.1) is 0 Å². The highest BCUT2D eigenvalue weighted by Gasteiger charge is 2.04. The summed E-state index contributed by atoms with van der Waals surface area (Å²) in [5, 5.41) is 4.13. The van der Waals surface area contributed by atoms with E-state index in [-0.39, 0.29) is 11.4 Å². The van der Waals surface area contributed by atoms with Crippen molar-refractivity contribution < 1.29 is 4.39 Å². The highest BCUT2D eigenvalue weighted by Crippen LogP contribution is 2.16. The number of aryl methyl sites for hydroxylation is 1. The number of benzene rings is 2. The molecule has 1 heterocycles. The van der Waals surface area contributed by atoms with Crippen molar-refractivity contribution in [2.75, 3.05) is 5.32 Å². The number of hydrogen-bond acceptors (Lipinski definition) is 2. The molecule has 0 fully saturated rings. The topological polar surface area (TPSA) is 44.9 Å². The number of rotatable bonds is 3. The maximum atomic E-state index is 12.8. The first-order valence-electron chi connectivity index (χ1n) is 6.74. The van der Waals surface area contributed by atoms with Crippen molar-refractivity contribution in [2.24, 2.45) is 0 Å². The van der Waals surface area contributed by atoms with E-state index < -0.39 is 0 Å². The highest BCUT2D eigenvalue weighted by molar-refractivity contribution is 5.81. The minimum atomic E-state index is -0.278. The van der Waals surface area contributed by atoms with Crippen LogP contribution in [-0.2, 0) is 6.54 Å². The summed E-state index contributed by atoms with van der Waals surface area (Å²) >= 11 is 0. The van der Waals surface area contributed by atoms with Crippen LogP contribution in [0.15, 0.2) is 53.3 Å². The van der Waals surface area contributed by atoms with E-state index in [4.69, 9.17) is 0 Å². The van der Waals surface area contributed by atoms with E-state index in [1.807, 2.05) is 31.2 Å². The molecule has 2 aromatic carbocycles. The SMILES string of the molecule is Cc1cccc2cc(CNc3ccc(F)cc3)c(=O)[nH]c12. The van der Waals surface area contributed by atoms with Gasteiger partial charge in [0, 0.05) is 17.8 Å². The maximum absolute atomic E-state index is 12.8.